The lowest BCUT2D eigenvalue weighted by atomic mass is 10.1. The highest BCUT2D eigenvalue weighted by molar-refractivity contribution is 5.14. The normalized spacial score (nSPS) is 20.1. The summed E-state index contributed by atoms with van der Waals surface area (Å²) in [4.78, 5) is 5.16. The molecule has 1 atom stereocenters. The van der Waals surface area contributed by atoms with E-state index in [4.69, 9.17) is 5.73 Å². The molecule has 1 saturated heterocycles. The lowest BCUT2D eigenvalue weighted by molar-refractivity contribution is 0.145. The largest absolute Gasteiger partial charge is 0.329 e. The van der Waals surface area contributed by atoms with Crippen molar-refractivity contribution in [3.63, 3.8) is 0 Å². The average molecular weight is 275 g/mol. The minimum Gasteiger partial charge on any atom is -0.329 e. The fourth-order valence-electron chi connectivity index (χ4n) is 3.12. The van der Waals surface area contributed by atoms with E-state index < -0.39 is 0 Å². The molecule has 3 heteroatoms. The van der Waals surface area contributed by atoms with E-state index in [1.54, 1.807) is 0 Å². The zero-order valence-electron chi connectivity index (χ0n) is 13.0. The topological polar surface area (TPSA) is 32.5 Å². The Labute approximate surface area is 123 Å². The second-order valence-corrected chi connectivity index (χ2v) is 6.13. The van der Waals surface area contributed by atoms with Gasteiger partial charge in [-0.1, -0.05) is 30.3 Å². The Balaban J connectivity index is 1.93. The van der Waals surface area contributed by atoms with E-state index in [2.05, 4.69) is 54.0 Å². The summed E-state index contributed by atoms with van der Waals surface area (Å²) in [5, 5.41) is 0. The van der Waals surface area contributed by atoms with E-state index in [9.17, 15) is 0 Å². The van der Waals surface area contributed by atoms with Gasteiger partial charge in [0.05, 0.1) is 0 Å². The Hall–Kier alpha value is -0.900. The van der Waals surface area contributed by atoms with Gasteiger partial charge in [0, 0.05) is 38.3 Å². The van der Waals surface area contributed by atoms with Gasteiger partial charge in [-0.3, -0.25) is 9.80 Å². The SMILES string of the molecule is CC(C)N(CCN)CC1CCCN1Cc1ccccc1. The predicted octanol–water partition coefficient (Wildman–Crippen LogP) is 2.32. The first-order chi connectivity index (χ1) is 9.70. The fraction of sp³-hybridized carbons (Fsp3) is 0.647. The predicted molar refractivity (Wildman–Crippen MR) is 85.6 cm³/mol. The maximum Gasteiger partial charge on any atom is 0.0237 e. The van der Waals surface area contributed by atoms with Crippen LogP contribution in [0.25, 0.3) is 0 Å². The van der Waals surface area contributed by atoms with Crippen LogP contribution in [0.4, 0.5) is 0 Å². The third-order valence-electron chi connectivity index (χ3n) is 4.32. The zero-order valence-corrected chi connectivity index (χ0v) is 13.0. The van der Waals surface area contributed by atoms with Crippen molar-refractivity contribution in [1.29, 1.82) is 0 Å². The fourth-order valence-corrected chi connectivity index (χ4v) is 3.12. The molecule has 0 bridgehead atoms. The molecule has 0 spiro atoms. The van der Waals surface area contributed by atoms with Crippen LogP contribution >= 0.6 is 0 Å². The Morgan fingerprint density at radius 2 is 2.05 bits per heavy atom. The maximum atomic E-state index is 5.74. The molecule has 2 rings (SSSR count). The Kier molecular flexibility index (Phi) is 6.02. The molecule has 1 aromatic carbocycles. The van der Waals surface area contributed by atoms with Crippen LogP contribution in [0, 0.1) is 0 Å². The average Bonchev–Trinajstić information content (AvgIpc) is 2.86. The number of nitrogens with zero attached hydrogens (tertiary/aromatic N) is 2. The summed E-state index contributed by atoms with van der Waals surface area (Å²) in [6.45, 7) is 9.77. The molecule has 2 N–H and O–H groups in total. The lowest BCUT2D eigenvalue weighted by Crippen LogP contribution is -2.44. The minimum absolute atomic E-state index is 0.581. The van der Waals surface area contributed by atoms with E-state index >= 15 is 0 Å². The van der Waals surface area contributed by atoms with Gasteiger partial charge in [0.15, 0.2) is 0 Å². The Morgan fingerprint density at radius 1 is 1.30 bits per heavy atom. The first kappa shape index (κ1) is 15.5. The van der Waals surface area contributed by atoms with Crippen LogP contribution in [0.5, 0.6) is 0 Å². The van der Waals surface area contributed by atoms with E-state index in [0.29, 0.717) is 12.1 Å². The molecule has 1 heterocycles. The number of rotatable bonds is 7. The van der Waals surface area contributed by atoms with Crippen molar-refractivity contribution in [1.82, 2.24) is 9.80 Å². The monoisotopic (exact) mass is 275 g/mol. The zero-order chi connectivity index (χ0) is 14.4. The quantitative estimate of drug-likeness (QED) is 0.829. The summed E-state index contributed by atoms with van der Waals surface area (Å²) < 4.78 is 0. The molecular formula is C17H29N3. The lowest BCUT2D eigenvalue weighted by Gasteiger charge is -2.33. The van der Waals surface area contributed by atoms with Gasteiger partial charge in [0.2, 0.25) is 0 Å². The summed E-state index contributed by atoms with van der Waals surface area (Å²) in [6, 6.07) is 12.1. The molecule has 1 aliphatic rings. The third kappa shape index (κ3) is 4.30. The van der Waals surface area contributed by atoms with Crippen LogP contribution in [0.15, 0.2) is 30.3 Å². The molecule has 1 fully saturated rings. The van der Waals surface area contributed by atoms with Crippen molar-refractivity contribution in [3.05, 3.63) is 35.9 Å². The van der Waals surface area contributed by atoms with E-state index in [0.717, 1.165) is 26.2 Å². The number of nitrogens with two attached hydrogens (primary N) is 1. The number of hydrogen-bond donors (Lipinski definition) is 1. The van der Waals surface area contributed by atoms with Crippen LogP contribution in [0.3, 0.4) is 0 Å². The van der Waals surface area contributed by atoms with Gasteiger partial charge in [0.1, 0.15) is 0 Å². The highest BCUT2D eigenvalue weighted by atomic mass is 15.2. The second kappa shape index (κ2) is 7.77. The highest BCUT2D eigenvalue weighted by Gasteiger charge is 2.26. The molecule has 0 radical (unpaired) electrons. The van der Waals surface area contributed by atoms with Crippen molar-refractivity contribution >= 4 is 0 Å². The third-order valence-corrected chi connectivity index (χ3v) is 4.32. The van der Waals surface area contributed by atoms with Crippen molar-refractivity contribution < 1.29 is 0 Å². The van der Waals surface area contributed by atoms with Crippen molar-refractivity contribution in [3.8, 4) is 0 Å². The van der Waals surface area contributed by atoms with Crippen molar-refractivity contribution in [2.45, 2.75) is 45.3 Å². The van der Waals surface area contributed by atoms with Crippen LogP contribution < -0.4 is 5.73 Å². The Bertz CT molecular complexity index is 377. The van der Waals surface area contributed by atoms with E-state index in [1.807, 2.05) is 0 Å². The number of benzene rings is 1. The van der Waals surface area contributed by atoms with Crippen molar-refractivity contribution in [2.24, 2.45) is 5.73 Å². The van der Waals surface area contributed by atoms with E-state index in [-0.39, 0.29) is 0 Å². The van der Waals surface area contributed by atoms with Crippen molar-refractivity contribution in [2.75, 3.05) is 26.2 Å². The summed E-state index contributed by atoms with van der Waals surface area (Å²) in [5.41, 5.74) is 7.17. The Morgan fingerprint density at radius 3 is 2.70 bits per heavy atom. The van der Waals surface area contributed by atoms with Crippen LogP contribution in [-0.4, -0.2) is 48.1 Å². The van der Waals surface area contributed by atoms with Gasteiger partial charge < -0.3 is 5.73 Å². The molecular weight excluding hydrogens is 246 g/mol. The van der Waals surface area contributed by atoms with Crippen LogP contribution in [0.1, 0.15) is 32.3 Å². The second-order valence-electron chi connectivity index (χ2n) is 6.13. The summed E-state index contributed by atoms with van der Waals surface area (Å²) in [5.74, 6) is 0. The van der Waals surface area contributed by atoms with Gasteiger partial charge in [-0.25, -0.2) is 0 Å². The maximum absolute atomic E-state index is 5.74. The van der Waals surface area contributed by atoms with Gasteiger partial charge >= 0.3 is 0 Å². The molecule has 112 valence electrons. The first-order valence-corrected chi connectivity index (χ1v) is 7.92. The van der Waals surface area contributed by atoms with E-state index in [1.165, 1.54) is 24.9 Å². The number of likely N-dealkylation sites (tertiary alicyclic amines) is 1. The first-order valence-electron chi connectivity index (χ1n) is 7.92. The molecule has 0 aromatic heterocycles. The molecule has 1 aromatic rings. The summed E-state index contributed by atoms with van der Waals surface area (Å²) in [7, 11) is 0. The van der Waals surface area contributed by atoms with Crippen LogP contribution in [-0.2, 0) is 6.54 Å². The molecule has 1 aliphatic heterocycles. The number of hydrogen-bond acceptors (Lipinski definition) is 3. The molecule has 1 unspecified atom stereocenters. The van der Waals surface area contributed by atoms with Crippen LogP contribution in [0.2, 0.25) is 0 Å². The van der Waals surface area contributed by atoms with Gasteiger partial charge in [-0.05, 0) is 38.8 Å². The molecule has 0 aliphatic carbocycles. The standard InChI is InChI=1S/C17H29N3/c1-15(2)19(12-10-18)14-17-9-6-11-20(17)13-16-7-4-3-5-8-16/h3-5,7-8,15,17H,6,9-14,18H2,1-2H3. The van der Waals surface area contributed by atoms with Gasteiger partial charge in [-0.2, -0.15) is 0 Å². The summed E-state index contributed by atoms with van der Waals surface area (Å²) in [6.07, 6.45) is 2.65. The molecule has 20 heavy (non-hydrogen) atoms. The van der Waals surface area contributed by atoms with Gasteiger partial charge in [0.25, 0.3) is 0 Å². The smallest absolute Gasteiger partial charge is 0.0237 e. The summed E-state index contributed by atoms with van der Waals surface area (Å²) >= 11 is 0. The molecule has 3 nitrogen and oxygen atoms in total. The molecule has 0 saturated carbocycles. The highest BCUT2D eigenvalue weighted by Crippen LogP contribution is 2.21. The minimum atomic E-state index is 0.581. The van der Waals surface area contributed by atoms with Gasteiger partial charge in [-0.15, -0.1) is 0 Å². The molecule has 0 amide bonds.